The van der Waals surface area contributed by atoms with Gasteiger partial charge in [-0.25, -0.2) is 18.4 Å². The van der Waals surface area contributed by atoms with Gasteiger partial charge in [-0.05, 0) is 50.3 Å². The predicted molar refractivity (Wildman–Crippen MR) is 109 cm³/mol. The molecule has 10 heteroatoms. The first-order valence-electron chi connectivity index (χ1n) is 10.8. The molecule has 0 radical (unpaired) electrons. The van der Waals surface area contributed by atoms with E-state index in [1.165, 1.54) is 0 Å². The third-order valence-corrected chi connectivity index (χ3v) is 6.65. The summed E-state index contributed by atoms with van der Waals surface area (Å²) in [5.74, 6) is -2.12. The van der Waals surface area contributed by atoms with Crippen molar-refractivity contribution in [1.82, 2.24) is 0 Å². The van der Waals surface area contributed by atoms with Gasteiger partial charge in [0, 0.05) is 17.1 Å². The molecule has 0 amide bonds. The molecule has 4 rings (SSSR count). The standard InChI is InChI=1S/C24H23F5O5/c1-12-15-7-5-13(4-3-9-23(2)19(34-23)18(15)33-21(12)30)11-32-22(31)16-10-14(20(25)26)6-8-17(16)24(27,28)29/h4,6,8,10,15,18-20H,1,3,5,7,9,11H2,2H3/b13-4+/t15-,18-,19+,23+/m0/s1. The topological polar surface area (TPSA) is 65.1 Å². The monoisotopic (exact) mass is 486 g/mol. The van der Waals surface area contributed by atoms with Crippen molar-refractivity contribution in [1.29, 1.82) is 0 Å². The number of esters is 2. The average molecular weight is 486 g/mol. The molecule has 34 heavy (non-hydrogen) atoms. The van der Waals surface area contributed by atoms with E-state index in [1.54, 1.807) is 0 Å². The first-order valence-corrected chi connectivity index (χ1v) is 10.8. The van der Waals surface area contributed by atoms with Crippen molar-refractivity contribution in [2.45, 2.75) is 63.0 Å². The molecule has 1 aromatic carbocycles. The number of epoxide rings is 1. The molecule has 4 atom stereocenters. The molecule has 2 fully saturated rings. The largest absolute Gasteiger partial charge is 0.458 e. The molecule has 0 spiro atoms. The maximum atomic E-state index is 13.3. The lowest BCUT2D eigenvalue weighted by Gasteiger charge is -2.20. The number of ether oxygens (including phenoxy) is 3. The van der Waals surface area contributed by atoms with E-state index in [9.17, 15) is 31.5 Å². The zero-order valence-corrected chi connectivity index (χ0v) is 18.3. The Morgan fingerprint density at radius 2 is 2.06 bits per heavy atom. The van der Waals surface area contributed by atoms with Crippen LogP contribution in [0.2, 0.25) is 0 Å². The highest BCUT2D eigenvalue weighted by molar-refractivity contribution is 5.92. The molecule has 5 nitrogen and oxygen atoms in total. The molecule has 2 saturated heterocycles. The quantitative estimate of drug-likeness (QED) is 0.183. The summed E-state index contributed by atoms with van der Waals surface area (Å²) < 4.78 is 82.4. The molecule has 1 aromatic rings. The van der Waals surface area contributed by atoms with Gasteiger partial charge in [0.1, 0.15) is 18.8 Å². The maximum absolute atomic E-state index is 13.3. The summed E-state index contributed by atoms with van der Waals surface area (Å²) in [6.45, 7) is 5.41. The maximum Gasteiger partial charge on any atom is 0.417 e. The van der Waals surface area contributed by atoms with Gasteiger partial charge in [0.15, 0.2) is 0 Å². The fraction of sp³-hybridized carbons (Fsp3) is 0.500. The summed E-state index contributed by atoms with van der Waals surface area (Å²) >= 11 is 0. The number of rotatable bonds is 4. The van der Waals surface area contributed by atoms with E-state index >= 15 is 0 Å². The molecule has 2 aliphatic heterocycles. The van der Waals surface area contributed by atoms with Crippen molar-refractivity contribution in [2.75, 3.05) is 6.61 Å². The molecular formula is C24H23F5O5. The van der Waals surface area contributed by atoms with Crippen LogP contribution in [-0.2, 0) is 25.2 Å². The van der Waals surface area contributed by atoms with E-state index in [2.05, 4.69) is 6.58 Å². The lowest BCUT2D eigenvalue weighted by atomic mass is 9.84. The van der Waals surface area contributed by atoms with E-state index in [1.807, 2.05) is 13.0 Å². The highest BCUT2D eigenvalue weighted by Gasteiger charge is 2.61. The predicted octanol–water partition coefficient (Wildman–Crippen LogP) is 5.56. The van der Waals surface area contributed by atoms with Crippen LogP contribution in [0.5, 0.6) is 0 Å². The van der Waals surface area contributed by atoms with Crippen LogP contribution in [-0.4, -0.2) is 36.4 Å². The second kappa shape index (κ2) is 8.79. The molecule has 0 bridgehead atoms. The van der Waals surface area contributed by atoms with Crippen LogP contribution in [0.15, 0.2) is 42.0 Å². The van der Waals surface area contributed by atoms with Crippen LogP contribution in [0.3, 0.4) is 0 Å². The minimum atomic E-state index is -4.91. The van der Waals surface area contributed by atoms with Crippen LogP contribution < -0.4 is 0 Å². The van der Waals surface area contributed by atoms with Gasteiger partial charge in [-0.15, -0.1) is 0 Å². The fourth-order valence-corrected chi connectivity index (χ4v) is 4.60. The first-order chi connectivity index (χ1) is 15.9. The number of carbonyl (C=O) groups is 2. The van der Waals surface area contributed by atoms with Crippen molar-refractivity contribution < 1.29 is 45.8 Å². The summed E-state index contributed by atoms with van der Waals surface area (Å²) in [7, 11) is 0. The fourth-order valence-electron chi connectivity index (χ4n) is 4.60. The van der Waals surface area contributed by atoms with Crippen molar-refractivity contribution in [3.63, 3.8) is 0 Å². The van der Waals surface area contributed by atoms with E-state index in [0.29, 0.717) is 55.0 Å². The Labute approximate surface area is 192 Å². The third-order valence-electron chi connectivity index (χ3n) is 6.65. The minimum absolute atomic E-state index is 0.226. The number of carbonyl (C=O) groups excluding carboxylic acids is 2. The highest BCUT2D eigenvalue weighted by Crippen LogP contribution is 2.49. The van der Waals surface area contributed by atoms with Gasteiger partial charge >= 0.3 is 18.1 Å². The van der Waals surface area contributed by atoms with E-state index in [4.69, 9.17) is 14.2 Å². The Balaban J connectivity index is 1.50. The van der Waals surface area contributed by atoms with Crippen molar-refractivity contribution in [2.24, 2.45) is 5.92 Å². The lowest BCUT2D eigenvalue weighted by molar-refractivity contribution is -0.140. The summed E-state index contributed by atoms with van der Waals surface area (Å²) in [5, 5.41) is 0. The van der Waals surface area contributed by atoms with Gasteiger partial charge < -0.3 is 14.2 Å². The summed E-state index contributed by atoms with van der Waals surface area (Å²) in [6, 6.07) is 1.60. The molecule has 0 saturated carbocycles. The molecule has 0 unspecified atom stereocenters. The van der Waals surface area contributed by atoms with Gasteiger partial charge in [0.05, 0.1) is 16.7 Å². The SMILES string of the molecule is C=C1C(=O)O[C@@H]2[C@H]3O[C@]3(C)CC/C=C(/COC(=O)c3cc(C(F)F)ccc3C(F)(F)F)CC[C@@H]12. The van der Waals surface area contributed by atoms with Crippen LogP contribution in [0.25, 0.3) is 0 Å². The normalized spacial score (nSPS) is 30.7. The van der Waals surface area contributed by atoms with Gasteiger partial charge in [-0.3, -0.25) is 0 Å². The summed E-state index contributed by atoms with van der Waals surface area (Å²) in [6.07, 6.45) is -4.81. The van der Waals surface area contributed by atoms with Crippen LogP contribution in [0, 0.1) is 5.92 Å². The van der Waals surface area contributed by atoms with Crippen molar-refractivity contribution in [3.05, 3.63) is 58.7 Å². The molecule has 3 aliphatic rings. The Hall–Kier alpha value is -2.75. The zero-order valence-electron chi connectivity index (χ0n) is 18.3. The second-order valence-corrected chi connectivity index (χ2v) is 8.97. The Morgan fingerprint density at radius 1 is 1.32 bits per heavy atom. The Kier molecular flexibility index (Phi) is 6.30. The number of allylic oxidation sites excluding steroid dienone is 1. The third kappa shape index (κ3) is 4.73. The first kappa shape index (κ1) is 24.4. The van der Waals surface area contributed by atoms with E-state index in [-0.39, 0.29) is 18.6 Å². The number of hydrogen-bond acceptors (Lipinski definition) is 5. The van der Waals surface area contributed by atoms with Crippen LogP contribution in [0.1, 0.15) is 60.5 Å². The minimum Gasteiger partial charge on any atom is -0.458 e. The molecule has 2 heterocycles. The van der Waals surface area contributed by atoms with Crippen molar-refractivity contribution in [3.8, 4) is 0 Å². The molecule has 0 aromatic heterocycles. The number of benzene rings is 1. The molecular weight excluding hydrogens is 463 g/mol. The zero-order chi connectivity index (χ0) is 24.8. The lowest BCUT2D eigenvalue weighted by Crippen LogP contribution is -2.29. The summed E-state index contributed by atoms with van der Waals surface area (Å²) in [5.41, 5.74) is -2.51. The van der Waals surface area contributed by atoms with Gasteiger partial charge in [-0.2, -0.15) is 13.2 Å². The highest BCUT2D eigenvalue weighted by atomic mass is 19.4. The smallest absolute Gasteiger partial charge is 0.417 e. The number of hydrogen-bond donors (Lipinski definition) is 0. The molecule has 0 N–H and O–H groups in total. The second-order valence-electron chi connectivity index (χ2n) is 8.97. The van der Waals surface area contributed by atoms with Gasteiger partial charge in [0.2, 0.25) is 0 Å². The van der Waals surface area contributed by atoms with Crippen molar-refractivity contribution >= 4 is 11.9 Å². The number of alkyl halides is 5. The van der Waals surface area contributed by atoms with Gasteiger partial charge in [-0.1, -0.05) is 18.7 Å². The summed E-state index contributed by atoms with van der Waals surface area (Å²) in [4.78, 5) is 24.5. The average Bonchev–Trinajstić information content (AvgIpc) is 3.36. The molecule has 1 aliphatic carbocycles. The Morgan fingerprint density at radius 3 is 2.74 bits per heavy atom. The number of fused-ring (bicyclic) bond motifs is 3. The van der Waals surface area contributed by atoms with Crippen LogP contribution in [0.4, 0.5) is 22.0 Å². The number of halogens is 5. The van der Waals surface area contributed by atoms with E-state index < -0.39 is 52.9 Å². The van der Waals surface area contributed by atoms with Crippen LogP contribution >= 0.6 is 0 Å². The van der Waals surface area contributed by atoms with E-state index in [0.717, 1.165) is 0 Å². The molecule has 184 valence electrons. The van der Waals surface area contributed by atoms with Gasteiger partial charge in [0.25, 0.3) is 6.43 Å². The Bertz CT molecular complexity index is 1050.